The van der Waals surface area contributed by atoms with Crippen LogP contribution in [0.2, 0.25) is 0 Å². The topological polar surface area (TPSA) is 75.0 Å². The van der Waals surface area contributed by atoms with Crippen LogP contribution in [-0.4, -0.2) is 33.3 Å². The van der Waals surface area contributed by atoms with E-state index in [0.717, 1.165) is 5.76 Å². The van der Waals surface area contributed by atoms with Crippen LogP contribution in [-0.2, 0) is 6.54 Å². The quantitative estimate of drug-likeness (QED) is 0.800. The first-order chi connectivity index (χ1) is 7.27. The van der Waals surface area contributed by atoms with Gasteiger partial charge >= 0.3 is 0 Å². The van der Waals surface area contributed by atoms with Crippen LogP contribution in [0.4, 0.5) is 0 Å². The maximum atomic E-state index is 11.7. The number of hydrogen-bond acceptors (Lipinski definition) is 4. The lowest BCUT2D eigenvalue weighted by atomic mass is 10.3. The molecule has 2 aromatic rings. The van der Waals surface area contributed by atoms with Crippen molar-refractivity contribution >= 4 is 5.91 Å². The molecule has 0 saturated carbocycles. The zero-order chi connectivity index (χ0) is 10.7. The smallest absolute Gasteiger partial charge is 0.276 e. The Morgan fingerprint density at radius 2 is 2.53 bits per heavy atom. The van der Waals surface area contributed by atoms with Crippen molar-refractivity contribution in [1.82, 2.24) is 20.3 Å². The average molecular weight is 206 g/mol. The summed E-state index contributed by atoms with van der Waals surface area (Å²) in [6, 6.07) is 3.59. The van der Waals surface area contributed by atoms with E-state index in [9.17, 15) is 4.79 Å². The van der Waals surface area contributed by atoms with Crippen LogP contribution < -0.4 is 0 Å². The van der Waals surface area contributed by atoms with Crippen LogP contribution in [0.5, 0.6) is 0 Å². The third-order valence-corrected chi connectivity index (χ3v) is 1.95. The van der Waals surface area contributed by atoms with E-state index in [1.165, 1.54) is 11.1 Å². The fourth-order valence-corrected chi connectivity index (χ4v) is 1.21. The van der Waals surface area contributed by atoms with Crippen molar-refractivity contribution in [3.05, 3.63) is 36.0 Å². The minimum atomic E-state index is -0.194. The molecule has 0 radical (unpaired) electrons. The third-order valence-electron chi connectivity index (χ3n) is 1.95. The number of aromatic nitrogens is 3. The van der Waals surface area contributed by atoms with Gasteiger partial charge in [0.2, 0.25) is 0 Å². The molecule has 1 N–H and O–H groups in total. The molecule has 0 aromatic carbocycles. The van der Waals surface area contributed by atoms with Gasteiger partial charge in [0.05, 0.1) is 19.0 Å². The van der Waals surface area contributed by atoms with Crippen molar-refractivity contribution < 1.29 is 9.21 Å². The van der Waals surface area contributed by atoms with Crippen LogP contribution in [0.25, 0.3) is 0 Å². The fourth-order valence-electron chi connectivity index (χ4n) is 1.21. The van der Waals surface area contributed by atoms with Crippen LogP contribution in [0, 0.1) is 0 Å². The molecule has 0 fully saturated rings. The average Bonchev–Trinajstić information content (AvgIpc) is 2.88. The Bertz CT molecular complexity index is 421. The van der Waals surface area contributed by atoms with Crippen molar-refractivity contribution in [2.75, 3.05) is 7.05 Å². The molecule has 0 aliphatic heterocycles. The lowest BCUT2D eigenvalue weighted by Crippen LogP contribution is -2.26. The van der Waals surface area contributed by atoms with Gasteiger partial charge in [0.25, 0.3) is 5.91 Å². The van der Waals surface area contributed by atoms with Gasteiger partial charge in [-0.25, -0.2) is 0 Å². The molecule has 2 aromatic heterocycles. The van der Waals surface area contributed by atoms with Gasteiger partial charge in [-0.15, -0.1) is 0 Å². The minimum Gasteiger partial charge on any atom is -0.467 e. The fraction of sp³-hybridized carbons (Fsp3) is 0.222. The minimum absolute atomic E-state index is 0.194. The molecule has 0 spiro atoms. The summed E-state index contributed by atoms with van der Waals surface area (Å²) < 4.78 is 5.13. The van der Waals surface area contributed by atoms with Gasteiger partial charge in [0, 0.05) is 7.05 Å². The molecular formula is C9H10N4O2. The van der Waals surface area contributed by atoms with Crippen molar-refractivity contribution in [3.63, 3.8) is 0 Å². The molecule has 6 nitrogen and oxygen atoms in total. The molecule has 6 heteroatoms. The van der Waals surface area contributed by atoms with Crippen LogP contribution in [0.15, 0.2) is 29.0 Å². The number of hydrogen-bond donors (Lipinski definition) is 1. The van der Waals surface area contributed by atoms with Gasteiger partial charge in [-0.1, -0.05) is 0 Å². The zero-order valence-corrected chi connectivity index (χ0v) is 8.17. The third kappa shape index (κ3) is 2.04. The summed E-state index contributed by atoms with van der Waals surface area (Å²) >= 11 is 0. The predicted molar refractivity (Wildman–Crippen MR) is 50.9 cm³/mol. The Balaban J connectivity index is 2.03. The number of nitrogens with zero attached hydrogens (tertiary/aromatic N) is 3. The molecule has 2 rings (SSSR count). The lowest BCUT2D eigenvalue weighted by molar-refractivity contribution is 0.0769. The standard InChI is InChI=1S/C9H10N4O2/c1-13(6-7-3-2-4-15-7)9(14)8-5-10-12-11-8/h2-5H,6H2,1H3,(H,10,11,12). The van der Waals surface area contributed by atoms with Gasteiger partial charge in [-0.05, 0) is 12.1 Å². The molecule has 0 aliphatic rings. The highest BCUT2D eigenvalue weighted by molar-refractivity contribution is 5.91. The summed E-state index contributed by atoms with van der Waals surface area (Å²) in [5.41, 5.74) is 0.295. The number of carbonyl (C=O) groups is 1. The largest absolute Gasteiger partial charge is 0.467 e. The first kappa shape index (κ1) is 9.45. The van der Waals surface area contributed by atoms with Crippen LogP contribution in [0.1, 0.15) is 16.2 Å². The Hall–Kier alpha value is -2.11. The van der Waals surface area contributed by atoms with E-state index in [0.29, 0.717) is 12.2 Å². The number of nitrogens with one attached hydrogen (secondary N) is 1. The van der Waals surface area contributed by atoms with Gasteiger partial charge in [-0.2, -0.15) is 15.4 Å². The second-order valence-electron chi connectivity index (χ2n) is 3.10. The second-order valence-corrected chi connectivity index (χ2v) is 3.10. The zero-order valence-electron chi connectivity index (χ0n) is 8.17. The number of carbonyl (C=O) groups excluding carboxylic acids is 1. The predicted octanol–water partition coefficient (Wildman–Crippen LogP) is 0.670. The lowest BCUT2D eigenvalue weighted by Gasteiger charge is -2.13. The monoisotopic (exact) mass is 206 g/mol. The summed E-state index contributed by atoms with van der Waals surface area (Å²) in [6.45, 7) is 0.415. The van der Waals surface area contributed by atoms with E-state index in [-0.39, 0.29) is 5.91 Å². The Morgan fingerprint density at radius 3 is 3.13 bits per heavy atom. The van der Waals surface area contributed by atoms with E-state index in [1.807, 2.05) is 6.07 Å². The highest BCUT2D eigenvalue weighted by atomic mass is 16.3. The second kappa shape index (κ2) is 3.95. The van der Waals surface area contributed by atoms with Crippen LogP contribution >= 0.6 is 0 Å². The normalized spacial score (nSPS) is 10.2. The first-order valence-corrected chi connectivity index (χ1v) is 4.41. The molecule has 78 valence electrons. The van der Waals surface area contributed by atoms with E-state index in [1.54, 1.807) is 19.4 Å². The molecule has 15 heavy (non-hydrogen) atoms. The number of H-pyrrole nitrogens is 1. The van der Waals surface area contributed by atoms with Crippen molar-refractivity contribution in [3.8, 4) is 0 Å². The molecule has 0 saturated heterocycles. The van der Waals surface area contributed by atoms with E-state index >= 15 is 0 Å². The molecule has 0 aliphatic carbocycles. The highest BCUT2D eigenvalue weighted by Crippen LogP contribution is 2.06. The van der Waals surface area contributed by atoms with E-state index in [2.05, 4.69) is 15.4 Å². The first-order valence-electron chi connectivity index (χ1n) is 4.41. The maximum absolute atomic E-state index is 11.7. The number of rotatable bonds is 3. The summed E-state index contributed by atoms with van der Waals surface area (Å²) in [7, 11) is 1.68. The van der Waals surface area contributed by atoms with Gasteiger partial charge in [0.1, 0.15) is 5.76 Å². The van der Waals surface area contributed by atoms with Crippen LogP contribution in [0.3, 0.4) is 0 Å². The molecule has 0 bridgehead atoms. The van der Waals surface area contributed by atoms with Crippen molar-refractivity contribution in [1.29, 1.82) is 0 Å². The van der Waals surface area contributed by atoms with Gasteiger partial charge in [-0.3, -0.25) is 4.79 Å². The molecule has 0 atom stereocenters. The summed E-state index contributed by atoms with van der Waals surface area (Å²) in [5, 5.41) is 9.68. The Morgan fingerprint density at radius 1 is 1.67 bits per heavy atom. The summed E-state index contributed by atoms with van der Waals surface area (Å²) in [6.07, 6.45) is 2.96. The molecule has 2 heterocycles. The van der Waals surface area contributed by atoms with Gasteiger partial charge in [0.15, 0.2) is 5.69 Å². The van der Waals surface area contributed by atoms with Crippen molar-refractivity contribution in [2.45, 2.75) is 6.54 Å². The number of aromatic amines is 1. The number of amides is 1. The summed E-state index contributed by atoms with van der Waals surface area (Å²) in [4.78, 5) is 13.2. The molecule has 0 unspecified atom stereocenters. The van der Waals surface area contributed by atoms with Crippen molar-refractivity contribution in [2.24, 2.45) is 0 Å². The SMILES string of the molecule is CN(Cc1ccco1)C(=O)c1cn[nH]n1. The van der Waals surface area contributed by atoms with E-state index < -0.39 is 0 Å². The maximum Gasteiger partial charge on any atom is 0.276 e. The molecule has 1 amide bonds. The Kier molecular flexibility index (Phi) is 2.49. The summed E-state index contributed by atoms with van der Waals surface area (Å²) in [5.74, 6) is 0.537. The molecular weight excluding hydrogens is 196 g/mol. The van der Waals surface area contributed by atoms with Gasteiger partial charge < -0.3 is 9.32 Å². The Labute approximate surface area is 85.9 Å². The highest BCUT2D eigenvalue weighted by Gasteiger charge is 2.15. The van der Waals surface area contributed by atoms with E-state index in [4.69, 9.17) is 4.42 Å². The number of furan rings is 1.